The van der Waals surface area contributed by atoms with E-state index in [1.54, 1.807) is 5.71 Å². The Bertz CT molecular complexity index is 302. The van der Waals surface area contributed by atoms with Crippen LogP contribution >= 0.6 is 11.2 Å². The van der Waals surface area contributed by atoms with Crippen LogP contribution in [-0.4, -0.2) is 24.2 Å². The lowest BCUT2D eigenvalue weighted by Crippen LogP contribution is -2.22. The van der Waals surface area contributed by atoms with Crippen LogP contribution in [0, 0.1) is 0 Å². The van der Waals surface area contributed by atoms with Crippen LogP contribution in [0.2, 0.25) is 19.6 Å². The first kappa shape index (κ1) is 15.6. The maximum atomic E-state index is 5.15. The highest BCUT2D eigenvalue weighted by Gasteiger charge is 2.24. The van der Waals surface area contributed by atoms with Gasteiger partial charge in [0, 0.05) is 17.0 Å². The van der Waals surface area contributed by atoms with Crippen LogP contribution in [0.3, 0.4) is 0 Å². The van der Waals surface area contributed by atoms with Gasteiger partial charge in [-0.15, -0.1) is 0 Å². The predicted molar refractivity (Wildman–Crippen MR) is 92.1 cm³/mol. The molecule has 2 saturated carbocycles. The van der Waals surface area contributed by atoms with E-state index >= 15 is 0 Å². The van der Waals surface area contributed by atoms with Crippen molar-refractivity contribution >= 4 is 24.1 Å². The molecule has 3 heteroatoms. The summed E-state index contributed by atoms with van der Waals surface area (Å²) in [5.74, 6) is 0. The zero-order valence-corrected chi connectivity index (χ0v) is 14.9. The van der Waals surface area contributed by atoms with Gasteiger partial charge in [0.1, 0.15) is 7.22 Å². The fraction of sp³-hybridized carbons (Fsp3) is 0.938. The summed E-state index contributed by atoms with van der Waals surface area (Å²) in [7, 11) is -0.987. The monoisotopic (exact) mass is 297 g/mol. The molecule has 0 spiro atoms. The zero-order valence-electron chi connectivity index (χ0n) is 13.1. The summed E-state index contributed by atoms with van der Waals surface area (Å²) in [5.41, 5.74) is 1.57. The topological polar surface area (TPSA) is 12.4 Å². The highest BCUT2D eigenvalue weighted by molar-refractivity contribution is 8.29. The van der Waals surface area contributed by atoms with Crippen molar-refractivity contribution < 1.29 is 0 Å². The van der Waals surface area contributed by atoms with E-state index in [-0.39, 0.29) is 0 Å². The lowest BCUT2D eigenvalue weighted by atomic mass is 9.95. The molecule has 1 unspecified atom stereocenters. The van der Waals surface area contributed by atoms with Crippen molar-refractivity contribution in [2.45, 2.75) is 95.1 Å². The maximum Gasteiger partial charge on any atom is 0.108 e. The molecule has 0 bridgehead atoms. The smallest absolute Gasteiger partial charge is 0.108 e. The van der Waals surface area contributed by atoms with Crippen molar-refractivity contribution in [1.29, 1.82) is 0 Å². The molecular weight excluding hydrogens is 266 g/mol. The average Bonchev–Trinajstić information content (AvgIpc) is 2.53. The molecule has 0 heterocycles. The minimum atomic E-state index is -0.987. The van der Waals surface area contributed by atoms with Crippen molar-refractivity contribution in [3.05, 3.63) is 0 Å². The van der Waals surface area contributed by atoms with Gasteiger partial charge in [-0.2, -0.15) is 11.2 Å². The third kappa shape index (κ3) is 6.03. The van der Waals surface area contributed by atoms with Crippen LogP contribution in [0.15, 0.2) is 4.99 Å². The second kappa shape index (κ2) is 7.30. The normalized spacial score (nSPS) is 29.4. The second-order valence-electron chi connectivity index (χ2n) is 7.29. The number of aliphatic imine (C=N–C) groups is 1. The quantitative estimate of drug-likeness (QED) is 0.483. The fourth-order valence-electron chi connectivity index (χ4n) is 3.35. The third-order valence-corrected chi connectivity index (χ3v) is 8.73. The first-order valence-corrected chi connectivity index (χ1v) is 13.4. The van der Waals surface area contributed by atoms with Gasteiger partial charge in [-0.25, -0.2) is 0 Å². The summed E-state index contributed by atoms with van der Waals surface area (Å²) in [6.07, 6.45) is 13.8. The Hall–Kier alpha value is 0.237. The first-order valence-electron chi connectivity index (χ1n) is 8.26. The van der Waals surface area contributed by atoms with Crippen molar-refractivity contribution in [3.8, 4) is 0 Å². The van der Waals surface area contributed by atoms with Crippen molar-refractivity contribution in [2.24, 2.45) is 4.99 Å². The number of nitrogens with zero attached hydrogens (tertiary/aromatic N) is 1. The van der Waals surface area contributed by atoms with Crippen molar-refractivity contribution in [1.82, 2.24) is 0 Å². The van der Waals surface area contributed by atoms with Gasteiger partial charge in [0.05, 0.1) is 0 Å². The van der Waals surface area contributed by atoms with E-state index in [4.69, 9.17) is 4.99 Å². The van der Waals surface area contributed by atoms with E-state index in [1.165, 1.54) is 64.2 Å². The van der Waals surface area contributed by atoms with Gasteiger partial charge in [-0.3, -0.25) is 4.99 Å². The maximum absolute atomic E-state index is 5.15. The molecule has 1 atom stereocenters. The van der Waals surface area contributed by atoms with E-state index in [1.807, 2.05) is 0 Å². The minimum Gasteiger partial charge on any atom is -0.291 e. The van der Waals surface area contributed by atoms with Gasteiger partial charge in [0.25, 0.3) is 0 Å². The molecule has 0 aromatic rings. The van der Waals surface area contributed by atoms with Crippen molar-refractivity contribution in [2.75, 3.05) is 0 Å². The van der Waals surface area contributed by atoms with E-state index < -0.39 is 7.22 Å². The fourth-order valence-corrected chi connectivity index (χ4v) is 8.52. The lowest BCUT2D eigenvalue weighted by molar-refractivity contribution is 0.442. The molecule has 0 radical (unpaired) electrons. The molecule has 2 rings (SSSR count). The van der Waals surface area contributed by atoms with Gasteiger partial charge in [-0.1, -0.05) is 45.3 Å². The minimum absolute atomic E-state index is 0.680. The standard InChI is InChI=1S/C16H31NSSi/c1-19(2,3)18-16-12-8-7-11-15(13-16)17-14-9-5-4-6-10-14/h14,16H,4-13H2,1-3H3. The molecule has 0 aromatic carbocycles. The zero-order chi connectivity index (χ0) is 13.7. The molecule has 0 N–H and O–H groups in total. The first-order chi connectivity index (χ1) is 9.03. The van der Waals surface area contributed by atoms with E-state index in [0.29, 0.717) is 6.04 Å². The van der Waals surface area contributed by atoms with Crippen LogP contribution in [0.5, 0.6) is 0 Å². The van der Waals surface area contributed by atoms with Gasteiger partial charge in [0.2, 0.25) is 0 Å². The molecule has 0 aromatic heterocycles. The summed E-state index contributed by atoms with van der Waals surface area (Å²) in [4.78, 5) is 5.15. The van der Waals surface area contributed by atoms with Gasteiger partial charge >= 0.3 is 0 Å². The Morgan fingerprint density at radius 2 is 1.63 bits per heavy atom. The summed E-state index contributed by atoms with van der Waals surface area (Å²) in [6, 6.07) is 0.680. The molecule has 2 aliphatic carbocycles. The van der Waals surface area contributed by atoms with Crippen LogP contribution in [-0.2, 0) is 0 Å². The van der Waals surface area contributed by atoms with Crippen LogP contribution < -0.4 is 0 Å². The number of hydrogen-bond donors (Lipinski definition) is 0. The summed E-state index contributed by atoms with van der Waals surface area (Å²) in [6.45, 7) is 7.46. The number of hydrogen-bond acceptors (Lipinski definition) is 2. The highest BCUT2D eigenvalue weighted by Crippen LogP contribution is 2.33. The number of rotatable bonds is 3. The SMILES string of the molecule is C[Si](C)(C)SC1CCCCC(=NC2CCCCC2)C1. The van der Waals surface area contributed by atoms with Gasteiger partial charge in [0.15, 0.2) is 0 Å². The Kier molecular flexibility index (Phi) is 6.01. The predicted octanol–water partition coefficient (Wildman–Crippen LogP) is 5.66. The Balaban J connectivity index is 1.93. The molecule has 2 fully saturated rings. The molecule has 2 aliphatic rings. The highest BCUT2D eigenvalue weighted by atomic mass is 32.4. The third-order valence-electron chi connectivity index (χ3n) is 4.16. The average molecular weight is 298 g/mol. The molecule has 19 heavy (non-hydrogen) atoms. The summed E-state index contributed by atoms with van der Waals surface area (Å²) in [5, 5.41) is 0.872. The lowest BCUT2D eigenvalue weighted by Gasteiger charge is -2.24. The van der Waals surface area contributed by atoms with E-state index in [2.05, 4.69) is 30.9 Å². The van der Waals surface area contributed by atoms with Crippen LogP contribution in [0.25, 0.3) is 0 Å². The summed E-state index contributed by atoms with van der Waals surface area (Å²) < 4.78 is 0. The molecule has 1 nitrogen and oxygen atoms in total. The largest absolute Gasteiger partial charge is 0.291 e. The van der Waals surface area contributed by atoms with Crippen LogP contribution in [0.1, 0.15) is 64.2 Å². The second-order valence-corrected chi connectivity index (χ2v) is 16.8. The Morgan fingerprint density at radius 3 is 2.32 bits per heavy atom. The summed E-state index contributed by atoms with van der Waals surface area (Å²) >= 11 is 2.31. The Labute approximate surface area is 124 Å². The molecular formula is C16H31NSSi. The molecule has 0 aliphatic heterocycles. The Morgan fingerprint density at radius 1 is 0.947 bits per heavy atom. The molecule has 110 valence electrons. The van der Waals surface area contributed by atoms with Gasteiger partial charge < -0.3 is 0 Å². The van der Waals surface area contributed by atoms with E-state index in [9.17, 15) is 0 Å². The molecule has 0 saturated heterocycles. The molecule has 0 amide bonds. The van der Waals surface area contributed by atoms with Crippen molar-refractivity contribution in [3.63, 3.8) is 0 Å². The van der Waals surface area contributed by atoms with E-state index in [0.717, 1.165) is 5.25 Å². The van der Waals surface area contributed by atoms with Gasteiger partial charge in [-0.05, 0) is 38.5 Å². The van der Waals surface area contributed by atoms with Crippen LogP contribution in [0.4, 0.5) is 0 Å².